The molecule has 0 spiro atoms. The van der Waals surface area contributed by atoms with Crippen molar-refractivity contribution in [1.29, 1.82) is 0 Å². The highest BCUT2D eigenvalue weighted by molar-refractivity contribution is 7.07. The number of aliphatic hydroxyl groups is 1. The molecule has 1 N–H and O–H groups in total. The van der Waals surface area contributed by atoms with E-state index < -0.39 is 5.60 Å². The topological polar surface area (TPSA) is 20.2 Å². The Labute approximate surface area is 133 Å². The molecule has 0 radical (unpaired) electrons. The predicted molar refractivity (Wildman–Crippen MR) is 92.8 cm³/mol. The quantitative estimate of drug-likeness (QED) is 0.672. The Morgan fingerprint density at radius 2 is 1.67 bits per heavy atom. The van der Waals surface area contributed by atoms with Gasteiger partial charge < -0.3 is 5.11 Å². The number of hydrogen-bond donors (Lipinski definition) is 1. The van der Waals surface area contributed by atoms with Crippen molar-refractivity contribution >= 4 is 11.3 Å². The normalized spacial score (nSPS) is 16.8. The van der Waals surface area contributed by atoms with E-state index in [1.807, 2.05) is 13.8 Å². The maximum absolute atomic E-state index is 10.00. The fourth-order valence-corrected chi connectivity index (χ4v) is 3.61. The predicted octanol–water partition coefficient (Wildman–Crippen LogP) is 5.66. The molecule has 1 aliphatic rings. The van der Waals surface area contributed by atoms with Gasteiger partial charge in [-0.15, -0.1) is 0 Å². The zero-order valence-electron chi connectivity index (χ0n) is 13.8. The largest absolute Gasteiger partial charge is 0.390 e. The molecule has 0 atom stereocenters. The average Bonchev–Trinajstić information content (AvgIpc) is 2.90. The van der Waals surface area contributed by atoms with E-state index >= 15 is 0 Å². The second-order valence-corrected chi connectivity index (χ2v) is 7.85. The van der Waals surface area contributed by atoms with Gasteiger partial charge in [0, 0.05) is 0 Å². The molecular weight excluding hydrogens is 276 g/mol. The van der Waals surface area contributed by atoms with Gasteiger partial charge in [-0.25, -0.2) is 0 Å². The van der Waals surface area contributed by atoms with Gasteiger partial charge in [0.25, 0.3) is 0 Å². The summed E-state index contributed by atoms with van der Waals surface area (Å²) < 4.78 is 0. The molecule has 116 valence electrons. The molecular formula is C19H28OS. The summed E-state index contributed by atoms with van der Waals surface area (Å²) in [4.78, 5) is 0. The molecule has 0 bridgehead atoms. The van der Waals surface area contributed by atoms with Crippen LogP contribution in [-0.4, -0.2) is 10.7 Å². The fourth-order valence-electron chi connectivity index (χ4n) is 2.91. The lowest BCUT2D eigenvalue weighted by molar-refractivity contribution is 0.0711. The summed E-state index contributed by atoms with van der Waals surface area (Å²) in [6, 6.07) is 2.23. The second kappa shape index (κ2) is 6.93. The van der Waals surface area contributed by atoms with Gasteiger partial charge in [-0.2, -0.15) is 11.3 Å². The van der Waals surface area contributed by atoms with E-state index in [2.05, 4.69) is 30.7 Å². The number of thiophene rings is 1. The van der Waals surface area contributed by atoms with Crippen LogP contribution in [0.5, 0.6) is 0 Å². The van der Waals surface area contributed by atoms with Crippen molar-refractivity contribution < 1.29 is 5.11 Å². The van der Waals surface area contributed by atoms with Crippen LogP contribution in [0.3, 0.4) is 0 Å². The lowest BCUT2D eigenvalue weighted by Gasteiger charge is -2.25. The van der Waals surface area contributed by atoms with E-state index in [0.717, 1.165) is 32.1 Å². The van der Waals surface area contributed by atoms with Crippen LogP contribution in [0.4, 0.5) is 0 Å². The molecule has 1 nitrogen and oxygen atoms in total. The van der Waals surface area contributed by atoms with Crippen molar-refractivity contribution in [3.63, 3.8) is 0 Å². The molecule has 1 aliphatic carbocycles. The van der Waals surface area contributed by atoms with Gasteiger partial charge in [0.1, 0.15) is 0 Å². The Hall–Kier alpha value is -0.860. The van der Waals surface area contributed by atoms with E-state index in [9.17, 15) is 5.11 Å². The van der Waals surface area contributed by atoms with Gasteiger partial charge in [-0.1, -0.05) is 22.3 Å². The zero-order valence-corrected chi connectivity index (χ0v) is 14.6. The average molecular weight is 304 g/mol. The van der Waals surface area contributed by atoms with Crippen LogP contribution >= 0.6 is 11.3 Å². The molecule has 0 unspecified atom stereocenters. The minimum absolute atomic E-state index is 0.560. The Kier molecular flexibility index (Phi) is 5.45. The van der Waals surface area contributed by atoms with Crippen molar-refractivity contribution in [3.05, 3.63) is 44.7 Å². The molecule has 2 rings (SSSR count). The lowest BCUT2D eigenvalue weighted by atomic mass is 9.82. The second-order valence-electron chi connectivity index (χ2n) is 7.07. The minimum Gasteiger partial charge on any atom is -0.390 e. The molecule has 0 aliphatic heterocycles. The molecule has 1 aromatic rings. The molecule has 0 fully saturated rings. The third-order valence-electron chi connectivity index (χ3n) is 4.52. The molecule has 2 heteroatoms. The van der Waals surface area contributed by atoms with E-state index in [1.165, 1.54) is 17.6 Å². The molecule has 0 saturated heterocycles. The fraction of sp³-hybridized carbons (Fsp3) is 0.579. The van der Waals surface area contributed by atoms with E-state index in [-0.39, 0.29) is 0 Å². The number of allylic oxidation sites excluding steroid dienone is 4. The van der Waals surface area contributed by atoms with Gasteiger partial charge in [-0.05, 0) is 88.6 Å². The van der Waals surface area contributed by atoms with Crippen molar-refractivity contribution in [2.75, 3.05) is 0 Å². The first-order valence-corrected chi connectivity index (χ1v) is 8.88. The van der Waals surface area contributed by atoms with Gasteiger partial charge in [0.15, 0.2) is 0 Å². The highest BCUT2D eigenvalue weighted by atomic mass is 32.1. The Morgan fingerprint density at radius 1 is 1.05 bits per heavy atom. The lowest BCUT2D eigenvalue weighted by Crippen LogP contribution is -2.19. The van der Waals surface area contributed by atoms with Crippen LogP contribution in [0.15, 0.2) is 39.1 Å². The highest BCUT2D eigenvalue weighted by Crippen LogP contribution is 2.35. The summed E-state index contributed by atoms with van der Waals surface area (Å²) >= 11 is 1.78. The molecule has 21 heavy (non-hydrogen) atoms. The van der Waals surface area contributed by atoms with Crippen LogP contribution in [0.1, 0.15) is 65.4 Å². The number of rotatable bonds is 6. The van der Waals surface area contributed by atoms with E-state index in [4.69, 9.17) is 0 Å². The van der Waals surface area contributed by atoms with Crippen molar-refractivity contribution in [2.45, 2.75) is 71.8 Å². The first-order chi connectivity index (χ1) is 9.85. The summed E-state index contributed by atoms with van der Waals surface area (Å²) in [6.45, 7) is 8.35. The summed E-state index contributed by atoms with van der Waals surface area (Å²) in [6.07, 6.45) is 6.46. The van der Waals surface area contributed by atoms with Gasteiger partial charge in [0.05, 0.1) is 5.60 Å². The van der Waals surface area contributed by atoms with Crippen LogP contribution in [-0.2, 0) is 6.42 Å². The molecule has 0 aromatic carbocycles. The van der Waals surface area contributed by atoms with Crippen LogP contribution in [0.2, 0.25) is 0 Å². The first kappa shape index (κ1) is 16.5. The van der Waals surface area contributed by atoms with Crippen LogP contribution in [0.25, 0.3) is 0 Å². The Morgan fingerprint density at radius 3 is 2.19 bits per heavy atom. The Balaban J connectivity index is 2.05. The molecule has 1 heterocycles. The Bertz CT molecular complexity index is 526. The maximum atomic E-state index is 10.00. The molecule has 0 amide bonds. The standard InChI is InChI=1S/C19H28OS/c1-14-11-17(6-5-16-8-10-21-13-16)18(12-15(14)2)7-9-19(3,4)20/h8,10,13,20H,5-7,9,11-12H2,1-4H3. The van der Waals surface area contributed by atoms with Gasteiger partial charge >= 0.3 is 0 Å². The van der Waals surface area contributed by atoms with E-state index in [0.29, 0.717) is 0 Å². The summed E-state index contributed by atoms with van der Waals surface area (Å²) in [5.74, 6) is 0. The summed E-state index contributed by atoms with van der Waals surface area (Å²) in [7, 11) is 0. The van der Waals surface area contributed by atoms with E-state index in [1.54, 1.807) is 28.1 Å². The molecule has 1 aromatic heterocycles. The third-order valence-corrected chi connectivity index (χ3v) is 5.25. The number of aryl methyl sites for hydroxylation is 1. The smallest absolute Gasteiger partial charge is 0.0594 e. The minimum atomic E-state index is -0.560. The summed E-state index contributed by atoms with van der Waals surface area (Å²) in [5, 5.41) is 14.4. The van der Waals surface area contributed by atoms with Crippen LogP contribution in [0, 0.1) is 0 Å². The SMILES string of the molecule is CC1=C(C)CC(CCC(C)(C)O)=C(CCc2ccsc2)C1. The third kappa shape index (κ3) is 5.12. The number of hydrogen-bond acceptors (Lipinski definition) is 2. The van der Waals surface area contributed by atoms with Crippen molar-refractivity contribution in [3.8, 4) is 0 Å². The highest BCUT2D eigenvalue weighted by Gasteiger charge is 2.19. The maximum Gasteiger partial charge on any atom is 0.0594 e. The summed E-state index contributed by atoms with van der Waals surface area (Å²) in [5.41, 5.74) is 7.17. The van der Waals surface area contributed by atoms with Crippen LogP contribution < -0.4 is 0 Å². The molecule has 0 saturated carbocycles. The van der Waals surface area contributed by atoms with Crippen molar-refractivity contribution in [2.24, 2.45) is 0 Å². The monoisotopic (exact) mass is 304 g/mol. The van der Waals surface area contributed by atoms with Gasteiger partial charge in [0.2, 0.25) is 0 Å². The zero-order chi connectivity index (χ0) is 15.5. The van der Waals surface area contributed by atoms with Crippen molar-refractivity contribution in [1.82, 2.24) is 0 Å². The first-order valence-electron chi connectivity index (χ1n) is 7.93. The van der Waals surface area contributed by atoms with Gasteiger partial charge in [-0.3, -0.25) is 0 Å².